The van der Waals surface area contributed by atoms with Crippen LogP contribution in [0.3, 0.4) is 0 Å². The number of aliphatic carboxylic acids is 1. The summed E-state index contributed by atoms with van der Waals surface area (Å²) in [5, 5.41) is 21.4. The lowest BCUT2D eigenvalue weighted by Gasteiger charge is -2.45. The third kappa shape index (κ3) is 20.2. The molecule has 0 bridgehead atoms. The standard InChI is InChI=1S/C73H107F5N12O13/c1-15-44(6)60(68(99)84(11)45(7)64(95)90-35-31-53(90)67(98)88(16-2)56(70(101)102)39-46-27-25-43(5)26-28-46)81-62(93)54(36-42(3)4)85(12)58(92)40-55(66(97)83(9)10)86(13)69(100)61(48-22-17-18-23-48)87(14)71(103)72(32-19-20-33-72)82-63(94)52-24-21-34-89(52)65(96)51(80-57(91)41-79-8)30-29-47-37-49(74)59(50(75)38-47)73(76,77)78/h25-28,37-38,42,44-45,48,51-56,60-61,79H,15-24,29-36,39-41H2,1-14H3,(H,80,91)(H,81,93)(H,82,94)(H,101,102)/t44-,45-,51-,52-,53-,54-,55-,56-,60-,61-/m0/s1. The lowest BCUT2D eigenvalue weighted by Crippen LogP contribution is -2.65. The SMILES string of the molecule is CC[C@H](C)[C@H](NC(=O)[C@H](CC(C)C)N(C)C(=O)C[C@@H](C(=O)N(C)C)N(C)C(=O)[C@H](C1CCCC1)N(C)C(=O)C1(NC(=O)[C@@H]2CCCN2C(=O)[C@H](CCc2cc(F)c(C(F)(F)F)c(F)c2)NC(=O)CNC)CCCC1)C(=O)N(C)[C@@H](C)C(=O)N1CC[C@H]1C(=O)N(CC)[C@@H](Cc1ccc(C)cc1)C(=O)O. The molecule has 2 aliphatic carbocycles. The van der Waals surface area contributed by atoms with Crippen molar-refractivity contribution < 1.29 is 84.6 Å². The Labute approximate surface area is 601 Å². The van der Waals surface area contributed by atoms with Crippen LogP contribution in [0.15, 0.2) is 36.4 Å². The molecule has 6 rings (SSSR count). The van der Waals surface area contributed by atoms with E-state index in [-0.39, 0.29) is 89.0 Å². The second kappa shape index (κ2) is 36.4. The molecule has 2 aromatic carbocycles. The second-order valence-corrected chi connectivity index (χ2v) is 29.0. The average molecular weight is 1460 g/mol. The molecule has 2 aliphatic heterocycles. The average Bonchev–Trinajstić information content (AvgIpc) is 1.47. The number of alkyl halides is 3. The topological polar surface area (TPSA) is 299 Å². The van der Waals surface area contributed by atoms with E-state index < -0.39 is 172 Å². The summed E-state index contributed by atoms with van der Waals surface area (Å²) >= 11 is 0. The molecule has 0 aromatic heterocycles. The van der Waals surface area contributed by atoms with Crippen molar-refractivity contribution in [2.75, 3.05) is 75.5 Å². The maximum atomic E-state index is 15.5. The highest BCUT2D eigenvalue weighted by Gasteiger charge is 2.52. The van der Waals surface area contributed by atoms with Gasteiger partial charge in [0.1, 0.15) is 77.1 Å². The van der Waals surface area contributed by atoms with Gasteiger partial charge in [-0.1, -0.05) is 89.6 Å². The van der Waals surface area contributed by atoms with Gasteiger partial charge in [-0.2, -0.15) is 13.2 Å². The number of hydrogen-bond donors (Lipinski definition) is 5. The van der Waals surface area contributed by atoms with Crippen LogP contribution < -0.4 is 21.3 Å². The second-order valence-electron chi connectivity index (χ2n) is 29.0. The molecule has 2 saturated carbocycles. The number of amides is 11. The molecule has 11 amide bonds. The monoisotopic (exact) mass is 1450 g/mol. The molecule has 0 radical (unpaired) electrons. The van der Waals surface area contributed by atoms with E-state index in [4.69, 9.17) is 0 Å². The van der Waals surface area contributed by atoms with Gasteiger partial charge < -0.3 is 65.6 Å². The van der Waals surface area contributed by atoms with Crippen molar-refractivity contribution >= 4 is 70.9 Å². The number of likely N-dealkylation sites (tertiary alicyclic amines) is 2. The van der Waals surface area contributed by atoms with Crippen molar-refractivity contribution in [3.63, 3.8) is 0 Å². The van der Waals surface area contributed by atoms with Gasteiger partial charge in [-0.25, -0.2) is 13.6 Å². The van der Waals surface area contributed by atoms with Gasteiger partial charge in [-0.15, -0.1) is 0 Å². The molecule has 25 nitrogen and oxygen atoms in total. The first-order valence-electron chi connectivity index (χ1n) is 35.9. The molecule has 2 heterocycles. The van der Waals surface area contributed by atoms with Crippen LogP contribution in [-0.2, 0) is 76.6 Å². The first kappa shape index (κ1) is 83.6. The van der Waals surface area contributed by atoms with Crippen molar-refractivity contribution in [2.45, 2.75) is 224 Å². The predicted octanol–water partition coefficient (Wildman–Crippen LogP) is 5.07. The lowest BCUT2D eigenvalue weighted by molar-refractivity contribution is -0.162. The lowest BCUT2D eigenvalue weighted by atomic mass is 9.90. The number of nitrogens with zero attached hydrogens (tertiary/aromatic N) is 8. The maximum Gasteiger partial charge on any atom is 0.422 e. The van der Waals surface area contributed by atoms with Gasteiger partial charge >= 0.3 is 12.1 Å². The highest BCUT2D eigenvalue weighted by molar-refractivity contribution is 6.01. The number of carbonyl (C=O) groups is 12. The fourth-order valence-corrected chi connectivity index (χ4v) is 14.7. The van der Waals surface area contributed by atoms with E-state index in [2.05, 4.69) is 21.3 Å². The molecular formula is C73H107F5N12O13. The van der Waals surface area contributed by atoms with E-state index in [9.17, 15) is 75.0 Å². The number of hydrogen-bond acceptors (Lipinski definition) is 13. The number of benzene rings is 2. The Morgan fingerprint density at radius 2 is 1.28 bits per heavy atom. The van der Waals surface area contributed by atoms with Crippen LogP contribution in [0.25, 0.3) is 0 Å². The minimum absolute atomic E-state index is 0.0201. The van der Waals surface area contributed by atoms with Crippen LogP contribution in [0, 0.1) is 36.3 Å². The highest BCUT2D eigenvalue weighted by Crippen LogP contribution is 2.38. The Morgan fingerprint density at radius 3 is 1.81 bits per heavy atom. The fourth-order valence-electron chi connectivity index (χ4n) is 14.7. The van der Waals surface area contributed by atoms with E-state index in [1.165, 1.54) is 90.6 Å². The number of carbonyl (C=O) groups excluding carboxylic acids is 11. The smallest absolute Gasteiger partial charge is 0.422 e. The zero-order valence-corrected chi connectivity index (χ0v) is 62.1. The molecule has 2 aromatic rings. The van der Waals surface area contributed by atoms with E-state index in [0.29, 0.717) is 63.5 Å². The van der Waals surface area contributed by atoms with E-state index in [1.54, 1.807) is 26.0 Å². The first-order valence-corrected chi connectivity index (χ1v) is 35.9. The van der Waals surface area contributed by atoms with Crippen molar-refractivity contribution in [1.82, 2.24) is 60.5 Å². The Bertz CT molecular complexity index is 3380. The fraction of sp³-hybridized carbons (Fsp3) is 0.671. The van der Waals surface area contributed by atoms with Gasteiger partial charge in [-0.05, 0) is 133 Å². The first-order chi connectivity index (χ1) is 48.4. The van der Waals surface area contributed by atoms with Crippen LogP contribution in [0.5, 0.6) is 0 Å². The summed E-state index contributed by atoms with van der Waals surface area (Å²) in [5.74, 6) is -13.4. The largest absolute Gasteiger partial charge is 0.480 e. The van der Waals surface area contributed by atoms with Crippen molar-refractivity contribution in [1.29, 1.82) is 0 Å². The number of carboxylic acids is 1. The Morgan fingerprint density at radius 1 is 0.680 bits per heavy atom. The molecule has 30 heteroatoms. The summed E-state index contributed by atoms with van der Waals surface area (Å²) in [6.45, 7) is 12.3. The molecule has 10 atom stereocenters. The zero-order chi connectivity index (χ0) is 76.9. The van der Waals surface area contributed by atoms with Crippen LogP contribution in [0.1, 0.15) is 160 Å². The number of likely N-dealkylation sites (N-methyl/N-ethyl adjacent to an activating group) is 7. The molecule has 0 spiro atoms. The summed E-state index contributed by atoms with van der Waals surface area (Å²) in [5.41, 5.74) is -2.20. The van der Waals surface area contributed by atoms with Gasteiger partial charge in [0.2, 0.25) is 65.0 Å². The van der Waals surface area contributed by atoms with Crippen molar-refractivity contribution in [3.8, 4) is 0 Å². The normalized spacial score (nSPS) is 19.0. The molecule has 5 N–H and O–H groups in total. The Balaban J connectivity index is 1.18. The molecule has 2 saturated heterocycles. The van der Waals surface area contributed by atoms with Gasteiger partial charge in [0.15, 0.2) is 0 Å². The molecule has 4 aliphatic rings. The van der Waals surface area contributed by atoms with Gasteiger partial charge in [0.05, 0.1) is 13.0 Å². The summed E-state index contributed by atoms with van der Waals surface area (Å²) < 4.78 is 69.6. The quantitative estimate of drug-likeness (QED) is 0.0584. The number of carboxylic acid groups (broad SMARTS) is 1. The number of rotatable bonds is 33. The number of halogens is 5. The molecule has 572 valence electrons. The van der Waals surface area contributed by atoms with Gasteiger partial charge in [0.25, 0.3) is 0 Å². The summed E-state index contributed by atoms with van der Waals surface area (Å²) in [6.07, 6.45) is -1.79. The molecular weight excluding hydrogens is 1350 g/mol. The van der Waals surface area contributed by atoms with Crippen LogP contribution in [0.2, 0.25) is 0 Å². The van der Waals surface area contributed by atoms with Crippen molar-refractivity contribution in [2.24, 2.45) is 17.8 Å². The van der Waals surface area contributed by atoms with Crippen LogP contribution >= 0.6 is 0 Å². The minimum atomic E-state index is -5.32. The van der Waals surface area contributed by atoms with E-state index >= 15 is 9.59 Å². The maximum absolute atomic E-state index is 15.5. The number of nitrogens with one attached hydrogen (secondary N) is 4. The number of aryl methyl sites for hydroxylation is 2. The minimum Gasteiger partial charge on any atom is -0.480 e. The Hall–Kier alpha value is -8.31. The van der Waals surface area contributed by atoms with E-state index in [0.717, 1.165) is 16.0 Å². The van der Waals surface area contributed by atoms with Gasteiger partial charge in [-0.3, -0.25) is 52.7 Å². The molecule has 0 unspecified atom stereocenters. The molecule has 103 heavy (non-hydrogen) atoms. The zero-order valence-electron chi connectivity index (χ0n) is 62.1. The third-order valence-electron chi connectivity index (χ3n) is 21.2. The third-order valence-corrected chi connectivity index (χ3v) is 21.2. The van der Waals surface area contributed by atoms with Crippen LogP contribution in [0.4, 0.5) is 22.0 Å². The predicted molar refractivity (Wildman–Crippen MR) is 371 cm³/mol. The van der Waals surface area contributed by atoms with Crippen molar-refractivity contribution in [3.05, 3.63) is 70.3 Å². The summed E-state index contributed by atoms with van der Waals surface area (Å²) in [6, 6.07) is -2.81. The van der Waals surface area contributed by atoms with Crippen LogP contribution in [-0.4, -0.2) is 251 Å². The van der Waals surface area contributed by atoms with E-state index in [1.807, 2.05) is 39.8 Å². The summed E-state index contributed by atoms with van der Waals surface area (Å²) in [4.78, 5) is 183. The highest BCUT2D eigenvalue weighted by atomic mass is 19.4. The summed E-state index contributed by atoms with van der Waals surface area (Å²) in [7, 11) is 9.98. The molecule has 4 fully saturated rings. The van der Waals surface area contributed by atoms with Gasteiger partial charge in [0, 0.05) is 68.3 Å². The Kier molecular flexibility index (Phi) is 29.6.